The molecular formula is C13H20N2O. The lowest BCUT2D eigenvalue weighted by Gasteiger charge is -2.14. The molecule has 0 N–H and O–H groups in total. The molecule has 1 aromatic heterocycles. The van der Waals surface area contributed by atoms with E-state index in [0.717, 1.165) is 31.5 Å². The van der Waals surface area contributed by atoms with Crippen molar-refractivity contribution in [3.63, 3.8) is 0 Å². The molecule has 2 rings (SSSR count). The van der Waals surface area contributed by atoms with E-state index in [-0.39, 0.29) is 5.91 Å². The van der Waals surface area contributed by atoms with Gasteiger partial charge in [0.25, 0.3) is 5.91 Å². The maximum Gasteiger partial charge on any atom is 0.272 e. The van der Waals surface area contributed by atoms with Gasteiger partial charge in [-0.05, 0) is 37.5 Å². The minimum atomic E-state index is 0.0752. The van der Waals surface area contributed by atoms with E-state index >= 15 is 0 Å². The summed E-state index contributed by atoms with van der Waals surface area (Å²) in [6.07, 6.45) is 3.94. The quantitative estimate of drug-likeness (QED) is 0.729. The van der Waals surface area contributed by atoms with Crippen molar-refractivity contribution in [3.8, 4) is 0 Å². The molecule has 3 nitrogen and oxygen atoms in total. The summed E-state index contributed by atoms with van der Waals surface area (Å²) in [5, 5.41) is 0. The first-order valence-corrected chi connectivity index (χ1v) is 5.99. The third-order valence-corrected chi connectivity index (χ3v) is 2.53. The molecule has 0 unspecified atom stereocenters. The lowest BCUT2D eigenvalue weighted by Crippen LogP contribution is -2.28. The fraction of sp³-hybridized carbons (Fsp3) is 0.538. The Hall–Kier alpha value is -1.38. The molecule has 0 saturated carbocycles. The Morgan fingerprint density at radius 3 is 2.50 bits per heavy atom. The van der Waals surface area contributed by atoms with Crippen molar-refractivity contribution in [1.82, 2.24) is 9.88 Å². The molecule has 0 aromatic carbocycles. The second kappa shape index (κ2) is 6.26. The van der Waals surface area contributed by atoms with Gasteiger partial charge in [0, 0.05) is 19.3 Å². The molecule has 3 heteroatoms. The summed E-state index contributed by atoms with van der Waals surface area (Å²) in [7, 11) is 0. The number of nitrogens with zero attached hydrogens (tertiary/aromatic N) is 2. The van der Waals surface area contributed by atoms with Gasteiger partial charge in [-0.25, -0.2) is 0 Å². The van der Waals surface area contributed by atoms with Crippen LogP contribution in [-0.4, -0.2) is 28.9 Å². The van der Waals surface area contributed by atoms with Gasteiger partial charge in [0.05, 0.1) is 0 Å². The van der Waals surface area contributed by atoms with E-state index in [0.29, 0.717) is 5.69 Å². The number of aromatic nitrogens is 1. The average Bonchev–Trinajstić information content (AvgIpc) is 2.84. The monoisotopic (exact) mass is 220 g/mol. The van der Waals surface area contributed by atoms with E-state index in [1.807, 2.05) is 37.8 Å². The minimum Gasteiger partial charge on any atom is -0.337 e. The summed E-state index contributed by atoms with van der Waals surface area (Å²) < 4.78 is 0. The van der Waals surface area contributed by atoms with Gasteiger partial charge in [-0.3, -0.25) is 9.78 Å². The summed E-state index contributed by atoms with van der Waals surface area (Å²) in [5.41, 5.74) is 1.66. The normalized spacial score (nSPS) is 14.3. The van der Waals surface area contributed by atoms with E-state index in [2.05, 4.69) is 4.98 Å². The number of rotatable bonds is 1. The Bertz CT molecular complexity index is 344. The summed E-state index contributed by atoms with van der Waals surface area (Å²) in [5.74, 6) is 0.0752. The van der Waals surface area contributed by atoms with Crippen molar-refractivity contribution < 1.29 is 4.79 Å². The lowest BCUT2D eigenvalue weighted by molar-refractivity contribution is 0.0787. The molecule has 16 heavy (non-hydrogen) atoms. The zero-order chi connectivity index (χ0) is 12.0. The highest BCUT2D eigenvalue weighted by atomic mass is 16.2. The third kappa shape index (κ3) is 3.05. The van der Waals surface area contributed by atoms with E-state index < -0.39 is 0 Å². The Morgan fingerprint density at radius 1 is 1.31 bits per heavy atom. The zero-order valence-electron chi connectivity index (χ0n) is 10.4. The van der Waals surface area contributed by atoms with Crippen molar-refractivity contribution in [3.05, 3.63) is 29.6 Å². The smallest absolute Gasteiger partial charge is 0.272 e. The standard InChI is InChI=1S/C11H14N2O.C2H6/c1-9-4-5-12-10(8-9)11(14)13-6-2-3-7-13;1-2/h4-5,8H,2-3,6-7H2,1H3;1-2H3. The van der Waals surface area contributed by atoms with Gasteiger partial charge in [0.15, 0.2) is 0 Å². The zero-order valence-corrected chi connectivity index (χ0v) is 10.4. The highest BCUT2D eigenvalue weighted by Crippen LogP contribution is 2.11. The molecule has 2 heterocycles. The van der Waals surface area contributed by atoms with Crippen LogP contribution < -0.4 is 0 Å². The van der Waals surface area contributed by atoms with Crippen LogP contribution in [-0.2, 0) is 0 Å². The van der Waals surface area contributed by atoms with Gasteiger partial charge in [0.2, 0.25) is 0 Å². The van der Waals surface area contributed by atoms with Crippen molar-refractivity contribution in [2.24, 2.45) is 0 Å². The highest BCUT2D eigenvalue weighted by molar-refractivity contribution is 5.92. The predicted molar refractivity (Wildman–Crippen MR) is 65.5 cm³/mol. The van der Waals surface area contributed by atoms with Crippen LogP contribution in [0.2, 0.25) is 0 Å². The Kier molecular flexibility index (Phi) is 4.96. The van der Waals surface area contributed by atoms with Gasteiger partial charge < -0.3 is 4.90 Å². The van der Waals surface area contributed by atoms with Crippen LogP contribution >= 0.6 is 0 Å². The summed E-state index contributed by atoms with van der Waals surface area (Å²) in [4.78, 5) is 17.8. The fourth-order valence-electron chi connectivity index (χ4n) is 1.74. The number of pyridine rings is 1. The van der Waals surface area contributed by atoms with Gasteiger partial charge in [-0.15, -0.1) is 0 Å². The predicted octanol–water partition coefficient (Wildman–Crippen LogP) is 2.65. The van der Waals surface area contributed by atoms with Crippen LogP contribution in [0.1, 0.15) is 42.7 Å². The summed E-state index contributed by atoms with van der Waals surface area (Å²) in [6.45, 7) is 7.74. The molecule has 0 aliphatic carbocycles. The van der Waals surface area contributed by atoms with E-state index in [4.69, 9.17) is 0 Å². The minimum absolute atomic E-state index is 0.0752. The van der Waals surface area contributed by atoms with Crippen LogP contribution in [0.25, 0.3) is 0 Å². The number of carbonyl (C=O) groups is 1. The number of hydrogen-bond acceptors (Lipinski definition) is 2. The molecule has 0 atom stereocenters. The molecule has 1 aliphatic rings. The molecule has 1 aromatic rings. The van der Waals surface area contributed by atoms with Crippen LogP contribution in [0.4, 0.5) is 0 Å². The van der Waals surface area contributed by atoms with Crippen LogP contribution in [0.3, 0.4) is 0 Å². The molecule has 0 bridgehead atoms. The Labute approximate surface area is 97.5 Å². The highest BCUT2D eigenvalue weighted by Gasteiger charge is 2.20. The van der Waals surface area contributed by atoms with Crippen LogP contribution in [0.5, 0.6) is 0 Å². The molecule has 0 radical (unpaired) electrons. The first-order valence-electron chi connectivity index (χ1n) is 5.99. The van der Waals surface area contributed by atoms with Gasteiger partial charge >= 0.3 is 0 Å². The number of amides is 1. The molecule has 0 spiro atoms. The first-order chi connectivity index (χ1) is 7.77. The van der Waals surface area contributed by atoms with Crippen LogP contribution in [0, 0.1) is 6.92 Å². The SMILES string of the molecule is CC.Cc1ccnc(C(=O)N2CCCC2)c1. The Balaban J connectivity index is 0.000000606. The summed E-state index contributed by atoms with van der Waals surface area (Å²) >= 11 is 0. The second-order valence-corrected chi connectivity index (χ2v) is 3.72. The topological polar surface area (TPSA) is 33.2 Å². The fourth-order valence-corrected chi connectivity index (χ4v) is 1.74. The van der Waals surface area contributed by atoms with E-state index in [1.165, 1.54) is 0 Å². The molecule has 1 saturated heterocycles. The third-order valence-electron chi connectivity index (χ3n) is 2.53. The maximum atomic E-state index is 11.9. The van der Waals surface area contributed by atoms with Crippen molar-refractivity contribution >= 4 is 5.91 Å². The first kappa shape index (κ1) is 12.7. The average molecular weight is 220 g/mol. The second-order valence-electron chi connectivity index (χ2n) is 3.72. The molecule has 1 fully saturated rings. The van der Waals surface area contributed by atoms with Crippen molar-refractivity contribution in [1.29, 1.82) is 0 Å². The van der Waals surface area contributed by atoms with Crippen molar-refractivity contribution in [2.45, 2.75) is 33.6 Å². The van der Waals surface area contributed by atoms with Crippen LogP contribution in [0.15, 0.2) is 18.3 Å². The molecule has 1 aliphatic heterocycles. The largest absolute Gasteiger partial charge is 0.337 e. The maximum absolute atomic E-state index is 11.9. The molecule has 1 amide bonds. The lowest BCUT2D eigenvalue weighted by atomic mass is 10.2. The van der Waals surface area contributed by atoms with E-state index in [9.17, 15) is 4.79 Å². The molecular weight excluding hydrogens is 200 g/mol. The van der Waals surface area contributed by atoms with E-state index in [1.54, 1.807) is 6.20 Å². The Morgan fingerprint density at radius 2 is 1.94 bits per heavy atom. The van der Waals surface area contributed by atoms with Gasteiger partial charge in [0.1, 0.15) is 5.69 Å². The van der Waals surface area contributed by atoms with Crippen molar-refractivity contribution in [2.75, 3.05) is 13.1 Å². The van der Waals surface area contributed by atoms with Gasteiger partial charge in [-0.1, -0.05) is 13.8 Å². The number of likely N-dealkylation sites (tertiary alicyclic amines) is 1. The van der Waals surface area contributed by atoms with Gasteiger partial charge in [-0.2, -0.15) is 0 Å². The summed E-state index contributed by atoms with van der Waals surface area (Å²) in [6, 6.07) is 3.75. The number of carbonyl (C=O) groups excluding carboxylic acids is 1. The number of hydrogen-bond donors (Lipinski definition) is 0. The molecule has 88 valence electrons. The number of aryl methyl sites for hydroxylation is 1.